The third-order valence-corrected chi connectivity index (χ3v) is 5.57. The number of anilines is 1. The van der Waals surface area contributed by atoms with Gasteiger partial charge in [-0.1, -0.05) is 11.2 Å². The van der Waals surface area contributed by atoms with Crippen LogP contribution in [-0.2, 0) is 6.42 Å². The average Bonchev–Trinajstić information content (AvgIpc) is 3.52. The third-order valence-electron chi connectivity index (χ3n) is 5.57. The topological polar surface area (TPSA) is 101 Å². The van der Waals surface area contributed by atoms with Crippen molar-refractivity contribution in [3.8, 4) is 11.5 Å². The Morgan fingerprint density at radius 2 is 2.13 bits per heavy atom. The van der Waals surface area contributed by atoms with Crippen molar-refractivity contribution in [1.82, 2.24) is 34.8 Å². The Hall–Kier alpha value is -4.08. The summed E-state index contributed by atoms with van der Waals surface area (Å²) in [6.45, 7) is 2.70. The maximum Gasteiger partial charge on any atom is 0.319 e. The fourth-order valence-electron chi connectivity index (χ4n) is 4.04. The molecule has 5 aromatic rings. The molecule has 0 saturated carbocycles. The van der Waals surface area contributed by atoms with Gasteiger partial charge in [0.05, 0.1) is 28.8 Å². The minimum absolute atomic E-state index is 0.278. The minimum atomic E-state index is -0.562. The van der Waals surface area contributed by atoms with E-state index in [1.807, 2.05) is 21.7 Å². The summed E-state index contributed by atoms with van der Waals surface area (Å²) in [6.07, 6.45) is 5.76. The summed E-state index contributed by atoms with van der Waals surface area (Å²) in [5.41, 5.74) is 5.51. The minimum Gasteiger partial charge on any atom is -0.403 e. The largest absolute Gasteiger partial charge is 0.403 e. The van der Waals surface area contributed by atoms with Crippen LogP contribution in [0.15, 0.2) is 53.5 Å². The average molecular weight is 416 g/mol. The van der Waals surface area contributed by atoms with Gasteiger partial charge in [0, 0.05) is 31.1 Å². The van der Waals surface area contributed by atoms with Crippen LogP contribution in [0.5, 0.6) is 0 Å². The van der Waals surface area contributed by atoms with E-state index in [-0.39, 0.29) is 11.9 Å². The Balaban J connectivity index is 1.44. The van der Waals surface area contributed by atoms with Gasteiger partial charge in [-0.25, -0.2) is 14.5 Å². The lowest BCUT2D eigenvalue weighted by atomic mass is 10.00. The molecule has 1 atom stereocenters. The fraction of sp³-hybridized carbons (Fsp3) is 0.190. The maximum atomic E-state index is 13.2. The number of H-pyrrole nitrogens is 1. The Morgan fingerprint density at radius 1 is 1.19 bits per heavy atom. The van der Waals surface area contributed by atoms with Crippen LogP contribution in [0, 0.1) is 12.9 Å². The summed E-state index contributed by atoms with van der Waals surface area (Å²) in [7, 11) is 0. The Morgan fingerprint density at radius 3 is 2.97 bits per heavy atom. The van der Waals surface area contributed by atoms with Gasteiger partial charge in [-0.05, 0) is 36.8 Å². The van der Waals surface area contributed by atoms with Crippen LogP contribution in [0.3, 0.4) is 0 Å². The van der Waals surface area contributed by atoms with E-state index in [1.165, 1.54) is 12.3 Å². The van der Waals surface area contributed by atoms with Crippen LogP contribution in [0.1, 0.15) is 28.7 Å². The number of hydrogen-bond donors (Lipinski definition) is 1. The second-order valence-electron chi connectivity index (χ2n) is 7.46. The van der Waals surface area contributed by atoms with Crippen LogP contribution >= 0.6 is 0 Å². The van der Waals surface area contributed by atoms with E-state index in [4.69, 9.17) is 9.52 Å². The van der Waals surface area contributed by atoms with E-state index in [0.29, 0.717) is 18.1 Å². The molecule has 1 aliphatic rings. The van der Waals surface area contributed by atoms with Crippen LogP contribution in [0.4, 0.5) is 10.4 Å². The number of imidazole rings is 1. The highest BCUT2D eigenvalue weighted by Crippen LogP contribution is 2.37. The van der Waals surface area contributed by atoms with E-state index in [0.717, 1.165) is 34.6 Å². The van der Waals surface area contributed by atoms with Crippen molar-refractivity contribution in [2.45, 2.75) is 19.4 Å². The number of halogens is 1. The lowest BCUT2D eigenvalue weighted by Gasteiger charge is -2.32. The molecule has 6 rings (SSSR count). The smallest absolute Gasteiger partial charge is 0.319 e. The molecule has 0 radical (unpaired) electrons. The lowest BCUT2D eigenvalue weighted by Crippen LogP contribution is -2.36. The predicted octanol–water partition coefficient (Wildman–Crippen LogP) is 3.10. The second kappa shape index (κ2) is 6.73. The highest BCUT2D eigenvalue weighted by Gasteiger charge is 2.36. The predicted molar refractivity (Wildman–Crippen MR) is 109 cm³/mol. The summed E-state index contributed by atoms with van der Waals surface area (Å²) >= 11 is 0. The Bertz CT molecular complexity index is 1390. The molecule has 0 aromatic carbocycles. The number of hydrogen-bond acceptors (Lipinski definition) is 7. The van der Waals surface area contributed by atoms with Gasteiger partial charge in [-0.15, -0.1) is 5.10 Å². The molecule has 0 saturated heterocycles. The van der Waals surface area contributed by atoms with Gasteiger partial charge in [0.1, 0.15) is 6.04 Å². The highest BCUT2D eigenvalue weighted by molar-refractivity contribution is 5.57. The summed E-state index contributed by atoms with van der Waals surface area (Å²) < 4.78 is 21.0. The van der Waals surface area contributed by atoms with Gasteiger partial charge in [-0.2, -0.15) is 9.49 Å². The highest BCUT2D eigenvalue weighted by atomic mass is 19.1. The van der Waals surface area contributed by atoms with Gasteiger partial charge in [0.15, 0.2) is 0 Å². The molecule has 0 aliphatic carbocycles. The molecule has 5 aromatic heterocycles. The number of pyridine rings is 2. The first-order valence-electron chi connectivity index (χ1n) is 9.86. The standard InChI is InChI=1S/C21H17FN8O/c1-12-3-2-7-30-16(12)9-15(28-30)19-18-14(24-11-25-18)6-8-29(19)21-27-26-20(31-21)13-4-5-17(22)23-10-13/h2-5,7,9-11,19H,6,8H2,1H3,(H,24,25)/t19-/m0/s1. The quantitative estimate of drug-likeness (QED) is 0.451. The first-order chi connectivity index (χ1) is 15.2. The number of nitrogens with one attached hydrogen (secondary N) is 1. The van der Waals surface area contributed by atoms with Crippen molar-refractivity contribution in [3.63, 3.8) is 0 Å². The first kappa shape index (κ1) is 17.8. The molecular formula is C21H17FN8O. The Kier molecular flexibility index (Phi) is 3.85. The molecule has 0 unspecified atom stereocenters. The van der Waals surface area contributed by atoms with Crippen molar-refractivity contribution in [3.05, 3.63) is 77.6 Å². The monoisotopic (exact) mass is 416 g/mol. The molecule has 31 heavy (non-hydrogen) atoms. The number of fused-ring (bicyclic) bond motifs is 2. The maximum absolute atomic E-state index is 13.2. The zero-order chi connectivity index (χ0) is 20.9. The van der Waals surface area contributed by atoms with Crippen LogP contribution in [-0.4, -0.2) is 41.3 Å². The van der Waals surface area contributed by atoms with E-state index in [9.17, 15) is 4.39 Å². The van der Waals surface area contributed by atoms with E-state index in [2.05, 4.69) is 44.2 Å². The summed E-state index contributed by atoms with van der Waals surface area (Å²) in [5, 5.41) is 13.2. The molecule has 1 aliphatic heterocycles. The number of aryl methyl sites for hydroxylation is 1. The lowest BCUT2D eigenvalue weighted by molar-refractivity contribution is 0.503. The molecule has 154 valence electrons. The van der Waals surface area contributed by atoms with Gasteiger partial charge in [0.25, 0.3) is 5.89 Å². The number of nitrogens with zero attached hydrogens (tertiary/aromatic N) is 7. The zero-order valence-electron chi connectivity index (χ0n) is 16.5. The van der Waals surface area contributed by atoms with Crippen molar-refractivity contribution in [2.75, 3.05) is 11.4 Å². The van der Waals surface area contributed by atoms with Gasteiger partial charge in [0.2, 0.25) is 5.95 Å². The van der Waals surface area contributed by atoms with Crippen LogP contribution in [0.2, 0.25) is 0 Å². The van der Waals surface area contributed by atoms with Crippen molar-refractivity contribution >= 4 is 11.5 Å². The molecular weight excluding hydrogens is 399 g/mol. The summed E-state index contributed by atoms with van der Waals surface area (Å²) in [5.74, 6) is -0.285. The molecule has 0 amide bonds. The van der Waals surface area contributed by atoms with Crippen molar-refractivity contribution < 1.29 is 8.81 Å². The first-order valence-corrected chi connectivity index (χ1v) is 9.86. The third kappa shape index (κ3) is 2.87. The summed E-state index contributed by atoms with van der Waals surface area (Å²) in [6, 6.07) is 8.99. The molecule has 0 spiro atoms. The van der Waals surface area contributed by atoms with Gasteiger partial charge < -0.3 is 14.3 Å². The molecule has 10 heteroatoms. The molecule has 6 heterocycles. The number of aromatic nitrogens is 7. The van der Waals surface area contributed by atoms with Gasteiger partial charge >= 0.3 is 6.01 Å². The van der Waals surface area contributed by atoms with E-state index < -0.39 is 5.95 Å². The zero-order valence-corrected chi connectivity index (χ0v) is 16.5. The molecule has 0 bridgehead atoms. The summed E-state index contributed by atoms with van der Waals surface area (Å²) in [4.78, 5) is 13.5. The van der Waals surface area contributed by atoms with E-state index in [1.54, 1.807) is 12.4 Å². The van der Waals surface area contributed by atoms with E-state index >= 15 is 0 Å². The van der Waals surface area contributed by atoms with Crippen LogP contribution in [0.25, 0.3) is 17.0 Å². The van der Waals surface area contributed by atoms with Crippen molar-refractivity contribution in [2.24, 2.45) is 0 Å². The SMILES string of the molecule is Cc1cccn2nc([C@H]3c4nc[nH]c4CCN3c3nnc(-c4ccc(F)nc4)o3)cc12. The molecule has 9 nitrogen and oxygen atoms in total. The second-order valence-corrected chi connectivity index (χ2v) is 7.46. The molecule has 0 fully saturated rings. The van der Waals surface area contributed by atoms with Gasteiger partial charge in [-0.3, -0.25) is 0 Å². The number of rotatable bonds is 3. The number of aromatic amines is 1. The Labute approximate surface area is 175 Å². The van der Waals surface area contributed by atoms with Crippen LogP contribution < -0.4 is 4.90 Å². The molecule has 1 N–H and O–H groups in total. The fourth-order valence-corrected chi connectivity index (χ4v) is 4.04. The normalized spacial score (nSPS) is 16.1. The van der Waals surface area contributed by atoms with Crippen molar-refractivity contribution in [1.29, 1.82) is 0 Å².